The highest BCUT2D eigenvalue weighted by atomic mass is 127. The van der Waals surface area contributed by atoms with E-state index < -0.39 is 0 Å². The van der Waals surface area contributed by atoms with Crippen molar-refractivity contribution in [1.82, 2.24) is 24.8 Å². The number of piperidine rings is 1. The molecule has 1 saturated heterocycles. The van der Waals surface area contributed by atoms with Gasteiger partial charge in [-0.05, 0) is 30.0 Å². The van der Waals surface area contributed by atoms with Gasteiger partial charge < -0.3 is 24.3 Å². The van der Waals surface area contributed by atoms with Crippen molar-refractivity contribution < 1.29 is 9.47 Å². The van der Waals surface area contributed by atoms with E-state index in [0.29, 0.717) is 30.1 Å². The zero-order chi connectivity index (χ0) is 22.3. The number of ether oxygens (including phenoxy) is 2. The number of nitrogens with zero attached hydrogens (tertiary/aromatic N) is 5. The summed E-state index contributed by atoms with van der Waals surface area (Å²) in [7, 11) is 3.46. The van der Waals surface area contributed by atoms with E-state index in [9.17, 15) is 0 Å². The van der Waals surface area contributed by atoms with Crippen LogP contribution in [0.3, 0.4) is 0 Å². The Morgan fingerprint density at radius 3 is 2.79 bits per heavy atom. The van der Waals surface area contributed by atoms with Gasteiger partial charge in [-0.3, -0.25) is 4.99 Å². The summed E-state index contributed by atoms with van der Waals surface area (Å²) in [5, 5.41) is 3.47. The predicted molar refractivity (Wildman–Crippen MR) is 140 cm³/mol. The predicted octanol–water partition coefficient (Wildman–Crippen LogP) is 4.36. The topological polar surface area (TPSA) is 76.8 Å². The van der Waals surface area contributed by atoms with E-state index in [2.05, 4.69) is 36.7 Å². The smallest absolute Gasteiger partial charge is 0.219 e. The quantitative estimate of drug-likeness (QED) is 0.274. The molecule has 8 nitrogen and oxygen atoms in total. The fraction of sp³-hybridized carbons (Fsp3) is 0.375. The van der Waals surface area contributed by atoms with Crippen molar-refractivity contribution in [3.05, 3.63) is 66.9 Å². The maximum absolute atomic E-state index is 5.82. The summed E-state index contributed by atoms with van der Waals surface area (Å²) in [5.41, 5.74) is 1.06. The molecule has 0 amide bonds. The minimum atomic E-state index is 0. The molecule has 1 N–H and O–H groups in total. The van der Waals surface area contributed by atoms with Crippen LogP contribution in [0.2, 0.25) is 0 Å². The van der Waals surface area contributed by atoms with Crippen molar-refractivity contribution in [2.75, 3.05) is 27.2 Å². The zero-order valence-electron chi connectivity index (χ0n) is 19.2. The van der Waals surface area contributed by atoms with E-state index in [1.165, 1.54) is 0 Å². The average Bonchev–Trinajstić information content (AvgIpc) is 3.36. The highest BCUT2D eigenvalue weighted by molar-refractivity contribution is 14.0. The van der Waals surface area contributed by atoms with Gasteiger partial charge in [0.05, 0.1) is 19.5 Å². The number of aliphatic imine (C=N–C) groups is 1. The number of hydrogen-bond donors (Lipinski definition) is 1. The summed E-state index contributed by atoms with van der Waals surface area (Å²) in [6, 6.07) is 11.7. The second kappa shape index (κ2) is 11.9. The highest BCUT2D eigenvalue weighted by Crippen LogP contribution is 2.27. The van der Waals surface area contributed by atoms with Crippen molar-refractivity contribution in [1.29, 1.82) is 0 Å². The first kappa shape index (κ1) is 24.8. The number of halogens is 1. The lowest BCUT2D eigenvalue weighted by Gasteiger charge is -2.39. The molecule has 1 fully saturated rings. The first-order valence-electron chi connectivity index (χ1n) is 10.9. The van der Waals surface area contributed by atoms with E-state index in [4.69, 9.17) is 9.47 Å². The molecule has 0 saturated carbocycles. The normalized spacial score (nSPS) is 18.4. The van der Waals surface area contributed by atoms with Gasteiger partial charge in [-0.1, -0.05) is 19.1 Å². The van der Waals surface area contributed by atoms with Gasteiger partial charge in [0.15, 0.2) is 5.96 Å². The van der Waals surface area contributed by atoms with Gasteiger partial charge in [-0.15, -0.1) is 24.0 Å². The molecule has 3 heterocycles. The molecular weight excluding hydrogens is 531 g/mol. The maximum atomic E-state index is 5.82. The molecule has 0 bridgehead atoms. The van der Waals surface area contributed by atoms with Crippen molar-refractivity contribution in [3.8, 4) is 17.4 Å². The summed E-state index contributed by atoms with van der Waals surface area (Å²) in [6.07, 6.45) is 8.72. The maximum Gasteiger partial charge on any atom is 0.219 e. The lowest BCUT2D eigenvalue weighted by Crippen LogP contribution is -2.48. The third kappa shape index (κ3) is 6.37. The molecule has 0 aliphatic carbocycles. The second-order valence-electron chi connectivity index (χ2n) is 7.98. The molecule has 2 atom stereocenters. The van der Waals surface area contributed by atoms with Crippen LogP contribution in [0.5, 0.6) is 17.4 Å². The van der Waals surface area contributed by atoms with Gasteiger partial charge in [-0.2, -0.15) is 0 Å². The average molecular weight is 562 g/mol. The van der Waals surface area contributed by atoms with E-state index in [1.54, 1.807) is 7.11 Å². The second-order valence-corrected chi connectivity index (χ2v) is 7.98. The summed E-state index contributed by atoms with van der Waals surface area (Å²) in [5.74, 6) is 3.48. The van der Waals surface area contributed by atoms with Crippen LogP contribution in [-0.4, -0.2) is 52.6 Å². The Morgan fingerprint density at radius 2 is 2.09 bits per heavy atom. The lowest BCUT2D eigenvalue weighted by atomic mass is 9.93. The number of benzene rings is 1. The standard InChI is InChI=1S/C24H30N6O2.HI/c1-18-9-11-29(16-22(18)30-12-10-26-17-30)24(25-2)28-15-19-7-8-23(27-14-19)32-21-6-4-5-20(13-21)31-3;/h4-8,10,12-14,17-18,22H,9,11,15-16H2,1-3H3,(H,25,28);1H. The number of guanidine groups is 1. The molecule has 33 heavy (non-hydrogen) atoms. The van der Waals surface area contributed by atoms with E-state index >= 15 is 0 Å². The molecule has 1 aromatic carbocycles. The molecule has 1 aliphatic rings. The molecule has 0 spiro atoms. The SMILES string of the molecule is CN=C(NCc1ccc(Oc2cccc(OC)c2)nc1)N1CCC(C)C(n2ccnc2)C1.I. The number of rotatable bonds is 6. The summed E-state index contributed by atoms with van der Waals surface area (Å²) in [6.45, 7) is 4.83. The molecule has 4 rings (SSSR count). The van der Waals surface area contributed by atoms with E-state index in [0.717, 1.165) is 36.8 Å². The lowest BCUT2D eigenvalue weighted by molar-refractivity contribution is 0.189. The minimum absolute atomic E-state index is 0. The van der Waals surface area contributed by atoms with Crippen LogP contribution in [-0.2, 0) is 6.54 Å². The molecule has 3 aromatic rings. The molecular formula is C24H31IN6O2. The molecule has 9 heteroatoms. The fourth-order valence-electron chi connectivity index (χ4n) is 3.97. The van der Waals surface area contributed by atoms with Gasteiger partial charge >= 0.3 is 0 Å². The Balaban J connectivity index is 0.00000306. The van der Waals surface area contributed by atoms with Gasteiger partial charge in [-0.25, -0.2) is 9.97 Å². The number of methoxy groups -OCH3 is 1. The van der Waals surface area contributed by atoms with Crippen LogP contribution in [0.4, 0.5) is 0 Å². The number of imidazole rings is 1. The number of hydrogen-bond acceptors (Lipinski definition) is 5. The fourth-order valence-corrected chi connectivity index (χ4v) is 3.97. The first-order chi connectivity index (χ1) is 15.7. The number of nitrogens with one attached hydrogen (secondary N) is 1. The molecule has 176 valence electrons. The van der Waals surface area contributed by atoms with Crippen molar-refractivity contribution in [2.45, 2.75) is 25.9 Å². The van der Waals surface area contributed by atoms with Gasteiger partial charge in [0.2, 0.25) is 5.88 Å². The third-order valence-corrected chi connectivity index (χ3v) is 5.85. The Bertz CT molecular complexity index is 1030. The van der Waals surface area contributed by atoms with Crippen LogP contribution in [0.1, 0.15) is 24.9 Å². The molecule has 0 radical (unpaired) electrons. The summed E-state index contributed by atoms with van der Waals surface area (Å²) < 4.78 is 13.3. The Labute approximate surface area is 212 Å². The Kier molecular flexibility index (Phi) is 8.93. The van der Waals surface area contributed by atoms with Gasteiger partial charge in [0, 0.05) is 57.4 Å². The zero-order valence-corrected chi connectivity index (χ0v) is 21.5. The monoisotopic (exact) mass is 562 g/mol. The van der Waals surface area contributed by atoms with Gasteiger partial charge in [0.25, 0.3) is 0 Å². The molecule has 2 unspecified atom stereocenters. The van der Waals surface area contributed by atoms with Crippen LogP contribution in [0, 0.1) is 5.92 Å². The third-order valence-electron chi connectivity index (χ3n) is 5.85. The Morgan fingerprint density at radius 1 is 1.24 bits per heavy atom. The van der Waals surface area contributed by atoms with Gasteiger partial charge in [0.1, 0.15) is 11.5 Å². The number of pyridine rings is 1. The highest BCUT2D eigenvalue weighted by Gasteiger charge is 2.28. The van der Waals surface area contributed by atoms with Crippen LogP contribution in [0.25, 0.3) is 0 Å². The van der Waals surface area contributed by atoms with Crippen LogP contribution < -0.4 is 14.8 Å². The Hall–Kier alpha value is -2.82. The molecule has 2 aromatic heterocycles. The first-order valence-corrected chi connectivity index (χ1v) is 10.9. The van der Waals surface area contributed by atoms with Crippen molar-refractivity contribution >= 4 is 29.9 Å². The largest absolute Gasteiger partial charge is 0.497 e. The minimum Gasteiger partial charge on any atom is -0.497 e. The number of aromatic nitrogens is 3. The van der Waals surface area contributed by atoms with E-state index in [-0.39, 0.29) is 24.0 Å². The van der Waals surface area contributed by atoms with Crippen LogP contribution in [0.15, 0.2) is 66.3 Å². The summed E-state index contributed by atoms with van der Waals surface area (Å²) >= 11 is 0. The van der Waals surface area contributed by atoms with E-state index in [1.807, 2.05) is 68.4 Å². The van der Waals surface area contributed by atoms with Crippen molar-refractivity contribution in [3.63, 3.8) is 0 Å². The van der Waals surface area contributed by atoms with Crippen LogP contribution >= 0.6 is 24.0 Å². The summed E-state index contributed by atoms with van der Waals surface area (Å²) in [4.78, 5) is 15.5. The molecule has 1 aliphatic heterocycles. The van der Waals surface area contributed by atoms with Crippen molar-refractivity contribution in [2.24, 2.45) is 10.9 Å². The number of likely N-dealkylation sites (tertiary alicyclic amines) is 1.